The molecule has 0 spiro atoms. The van der Waals surface area contributed by atoms with Gasteiger partial charge in [-0.15, -0.1) is 0 Å². The Hall–Kier alpha value is -0.0800. The molecule has 2 saturated heterocycles. The number of nitrogens with zero attached hydrogens (tertiary/aromatic N) is 2. The topological polar surface area (TPSA) is 6.48 Å². The molecular weight excluding hydrogens is 184 g/mol. The highest BCUT2D eigenvalue weighted by atomic mass is 15.3. The maximum atomic E-state index is 2.72. The molecule has 2 rings (SSSR count). The Kier molecular flexibility index (Phi) is 2.63. The largest absolute Gasteiger partial charge is 0.304 e. The van der Waals surface area contributed by atoms with Crippen molar-refractivity contribution in [1.82, 2.24) is 9.80 Å². The van der Waals surface area contributed by atoms with Gasteiger partial charge in [0.15, 0.2) is 0 Å². The van der Waals surface area contributed by atoms with Gasteiger partial charge in [0.1, 0.15) is 0 Å². The predicted molar refractivity (Wildman–Crippen MR) is 65.1 cm³/mol. The summed E-state index contributed by atoms with van der Waals surface area (Å²) in [5.41, 5.74) is 0.942. The number of fused-ring (bicyclic) bond motifs is 1. The fourth-order valence-electron chi connectivity index (χ4n) is 3.78. The summed E-state index contributed by atoms with van der Waals surface area (Å²) in [5.74, 6) is 0. The van der Waals surface area contributed by atoms with Crippen molar-refractivity contribution < 1.29 is 0 Å². The van der Waals surface area contributed by atoms with Gasteiger partial charge in [-0.3, -0.25) is 4.90 Å². The Morgan fingerprint density at radius 3 is 2.27 bits per heavy atom. The van der Waals surface area contributed by atoms with Crippen LogP contribution >= 0.6 is 0 Å². The minimum atomic E-state index is 0.397. The molecule has 15 heavy (non-hydrogen) atoms. The summed E-state index contributed by atoms with van der Waals surface area (Å²) in [6.45, 7) is 13.5. The van der Waals surface area contributed by atoms with E-state index in [1.807, 2.05) is 0 Å². The second-order valence-corrected chi connectivity index (χ2v) is 6.36. The van der Waals surface area contributed by atoms with Crippen LogP contribution in [0, 0.1) is 5.41 Å². The van der Waals surface area contributed by atoms with E-state index in [0.717, 1.165) is 0 Å². The number of likely N-dealkylation sites (tertiary alicyclic amines) is 2. The average Bonchev–Trinajstić information content (AvgIpc) is 2.38. The maximum Gasteiger partial charge on any atom is 0.0365 e. The molecule has 2 fully saturated rings. The Balaban J connectivity index is 2.29. The number of hydrogen-bond acceptors (Lipinski definition) is 2. The first-order valence-electron chi connectivity index (χ1n) is 6.34. The molecule has 0 amide bonds. The molecule has 0 aromatic heterocycles. The Morgan fingerprint density at radius 2 is 1.67 bits per heavy atom. The van der Waals surface area contributed by atoms with E-state index in [1.165, 1.54) is 32.5 Å². The smallest absolute Gasteiger partial charge is 0.0365 e. The van der Waals surface area contributed by atoms with Gasteiger partial charge in [-0.05, 0) is 59.2 Å². The molecule has 2 aliphatic heterocycles. The van der Waals surface area contributed by atoms with Gasteiger partial charge < -0.3 is 4.90 Å². The maximum absolute atomic E-state index is 2.72. The first-order chi connectivity index (χ1) is 6.89. The zero-order valence-electron chi connectivity index (χ0n) is 11.0. The summed E-state index contributed by atoms with van der Waals surface area (Å²) in [7, 11) is 2.27. The quantitative estimate of drug-likeness (QED) is 0.654. The highest BCUT2D eigenvalue weighted by molar-refractivity contribution is 5.10. The van der Waals surface area contributed by atoms with E-state index in [2.05, 4.69) is 44.5 Å². The summed E-state index contributed by atoms with van der Waals surface area (Å²) in [6.07, 6.45) is 2.75. The van der Waals surface area contributed by atoms with Crippen LogP contribution in [0.25, 0.3) is 0 Å². The van der Waals surface area contributed by atoms with Crippen LogP contribution in [-0.4, -0.2) is 48.1 Å². The number of rotatable bonds is 1. The van der Waals surface area contributed by atoms with Crippen molar-refractivity contribution in [1.29, 1.82) is 0 Å². The summed E-state index contributed by atoms with van der Waals surface area (Å²) in [6, 6.07) is 0.684. The third-order valence-electron chi connectivity index (χ3n) is 5.09. The molecule has 2 heterocycles. The van der Waals surface area contributed by atoms with Crippen molar-refractivity contribution in [2.75, 3.05) is 26.7 Å². The minimum Gasteiger partial charge on any atom is -0.304 e. The highest BCUT2D eigenvalue weighted by Gasteiger charge is 2.55. The van der Waals surface area contributed by atoms with Crippen molar-refractivity contribution >= 4 is 0 Å². The molecular formula is C13H26N2. The molecule has 0 aromatic carbocycles. The summed E-state index contributed by atoms with van der Waals surface area (Å²) in [5, 5.41) is 0. The predicted octanol–water partition coefficient (Wildman–Crippen LogP) is 2.20. The van der Waals surface area contributed by atoms with Gasteiger partial charge >= 0.3 is 0 Å². The van der Waals surface area contributed by atoms with Gasteiger partial charge in [-0.1, -0.05) is 6.92 Å². The third-order valence-corrected chi connectivity index (χ3v) is 5.09. The van der Waals surface area contributed by atoms with E-state index in [1.54, 1.807) is 0 Å². The lowest BCUT2D eigenvalue weighted by Crippen LogP contribution is -2.62. The first kappa shape index (κ1) is 11.4. The molecule has 2 atom stereocenters. The van der Waals surface area contributed by atoms with Crippen LogP contribution in [0.15, 0.2) is 0 Å². The van der Waals surface area contributed by atoms with Crippen LogP contribution in [0.3, 0.4) is 0 Å². The van der Waals surface area contributed by atoms with Gasteiger partial charge in [0.25, 0.3) is 0 Å². The molecule has 2 nitrogen and oxygen atoms in total. The Bertz CT molecular complexity index is 251. The lowest BCUT2D eigenvalue weighted by Gasteiger charge is -2.53. The molecule has 0 N–H and O–H groups in total. The molecule has 0 aliphatic carbocycles. The van der Waals surface area contributed by atoms with Crippen LogP contribution in [-0.2, 0) is 0 Å². The van der Waals surface area contributed by atoms with E-state index < -0.39 is 0 Å². The average molecular weight is 210 g/mol. The standard InChI is InChI=1S/C13H26N2/c1-11(2)15-9-7-12(3)6-8-14(5)10-13(12,15)4/h11H,6-10H2,1-5H3/t12-,13-/m1/s1. The number of likely N-dealkylation sites (N-methyl/N-ethyl adjacent to an activating group) is 1. The monoisotopic (exact) mass is 210 g/mol. The number of piperidine rings is 1. The van der Waals surface area contributed by atoms with Crippen molar-refractivity contribution in [2.45, 2.75) is 52.1 Å². The first-order valence-corrected chi connectivity index (χ1v) is 6.34. The molecule has 0 unspecified atom stereocenters. The van der Waals surface area contributed by atoms with E-state index in [9.17, 15) is 0 Å². The lowest BCUT2D eigenvalue weighted by molar-refractivity contribution is -0.0260. The molecule has 0 radical (unpaired) electrons. The van der Waals surface area contributed by atoms with Crippen molar-refractivity contribution in [3.8, 4) is 0 Å². The molecule has 88 valence electrons. The van der Waals surface area contributed by atoms with Gasteiger partial charge in [-0.2, -0.15) is 0 Å². The molecule has 0 bridgehead atoms. The normalized spacial score (nSPS) is 43.6. The Labute approximate surface area is 94.6 Å². The summed E-state index contributed by atoms with van der Waals surface area (Å²) >= 11 is 0. The fourth-order valence-corrected chi connectivity index (χ4v) is 3.78. The summed E-state index contributed by atoms with van der Waals surface area (Å²) in [4.78, 5) is 5.23. The minimum absolute atomic E-state index is 0.397. The van der Waals surface area contributed by atoms with E-state index in [0.29, 0.717) is 17.0 Å². The number of hydrogen-bond donors (Lipinski definition) is 0. The second kappa shape index (κ2) is 3.46. The summed E-state index contributed by atoms with van der Waals surface area (Å²) < 4.78 is 0. The van der Waals surface area contributed by atoms with Crippen LogP contribution in [0.4, 0.5) is 0 Å². The van der Waals surface area contributed by atoms with E-state index in [-0.39, 0.29) is 0 Å². The van der Waals surface area contributed by atoms with Gasteiger partial charge in [-0.25, -0.2) is 0 Å². The zero-order chi connectivity index (χ0) is 11.3. The lowest BCUT2D eigenvalue weighted by atomic mass is 9.67. The van der Waals surface area contributed by atoms with Gasteiger partial charge in [0, 0.05) is 18.1 Å². The van der Waals surface area contributed by atoms with Crippen molar-refractivity contribution in [2.24, 2.45) is 5.41 Å². The van der Waals surface area contributed by atoms with Crippen LogP contribution in [0.2, 0.25) is 0 Å². The molecule has 2 aliphatic rings. The SMILES string of the molecule is CC(C)N1CC[C@@]2(C)CCN(C)C[C@@]12C. The third kappa shape index (κ3) is 1.53. The van der Waals surface area contributed by atoms with Gasteiger partial charge in [0.2, 0.25) is 0 Å². The van der Waals surface area contributed by atoms with Gasteiger partial charge in [0.05, 0.1) is 0 Å². The molecule has 0 aromatic rings. The Morgan fingerprint density at radius 1 is 1.07 bits per heavy atom. The highest BCUT2D eigenvalue weighted by Crippen LogP contribution is 2.51. The fraction of sp³-hybridized carbons (Fsp3) is 1.00. The van der Waals surface area contributed by atoms with Crippen LogP contribution in [0.1, 0.15) is 40.5 Å². The van der Waals surface area contributed by atoms with E-state index in [4.69, 9.17) is 0 Å². The van der Waals surface area contributed by atoms with E-state index >= 15 is 0 Å². The molecule has 0 saturated carbocycles. The van der Waals surface area contributed by atoms with Crippen molar-refractivity contribution in [3.05, 3.63) is 0 Å². The van der Waals surface area contributed by atoms with Crippen LogP contribution in [0.5, 0.6) is 0 Å². The van der Waals surface area contributed by atoms with Crippen LogP contribution < -0.4 is 0 Å². The zero-order valence-corrected chi connectivity index (χ0v) is 11.0. The molecule has 2 heteroatoms. The van der Waals surface area contributed by atoms with Crippen molar-refractivity contribution in [3.63, 3.8) is 0 Å². The second-order valence-electron chi connectivity index (χ2n) is 6.36.